The third-order valence-electron chi connectivity index (χ3n) is 3.83. The van der Waals surface area contributed by atoms with Crippen LogP contribution in [0.2, 0.25) is 0 Å². The second kappa shape index (κ2) is 7.68. The van der Waals surface area contributed by atoms with Gasteiger partial charge >= 0.3 is 0 Å². The van der Waals surface area contributed by atoms with E-state index in [1.807, 2.05) is 0 Å². The Balaban J connectivity index is 2.17. The topological polar surface area (TPSA) is 42.2 Å². The van der Waals surface area contributed by atoms with Crippen LogP contribution in [0.25, 0.3) is 0 Å². The molecule has 0 bridgehead atoms. The molecule has 0 unspecified atom stereocenters. The monoisotopic (exact) mass is 239 g/mol. The van der Waals surface area contributed by atoms with Crippen molar-refractivity contribution in [3.63, 3.8) is 0 Å². The van der Waals surface area contributed by atoms with Gasteiger partial charge in [-0.3, -0.25) is 0 Å². The smallest absolute Gasteiger partial charge is 0.0690 e. The molecule has 0 N–H and O–H groups in total. The van der Waals surface area contributed by atoms with Crippen molar-refractivity contribution >= 4 is 0 Å². The average molecular weight is 239 g/mol. The second-order valence-corrected chi connectivity index (χ2v) is 5.28. The van der Waals surface area contributed by atoms with Crippen LogP contribution in [0.5, 0.6) is 0 Å². The van der Waals surface area contributed by atoms with Gasteiger partial charge in [0.05, 0.1) is 11.5 Å². The van der Waals surface area contributed by atoms with E-state index in [2.05, 4.69) is 13.0 Å². The molecular formula is C14H25NO2. The third kappa shape index (κ3) is 5.06. The first kappa shape index (κ1) is 14.5. The molecule has 1 fully saturated rings. The predicted octanol–water partition coefficient (Wildman–Crippen LogP) is 3.15. The van der Waals surface area contributed by atoms with Crippen molar-refractivity contribution in [3.8, 4) is 6.07 Å². The van der Waals surface area contributed by atoms with Crippen molar-refractivity contribution in [1.29, 1.82) is 5.26 Å². The quantitative estimate of drug-likeness (QED) is 0.641. The van der Waals surface area contributed by atoms with Gasteiger partial charge in [0.1, 0.15) is 0 Å². The van der Waals surface area contributed by atoms with Gasteiger partial charge in [-0.05, 0) is 44.4 Å². The zero-order chi connectivity index (χ0) is 12.6. The first-order chi connectivity index (χ1) is 8.22. The number of rotatable bonds is 7. The molecule has 0 aromatic heterocycles. The lowest BCUT2D eigenvalue weighted by Gasteiger charge is -2.33. The molecule has 17 heavy (non-hydrogen) atoms. The van der Waals surface area contributed by atoms with Crippen LogP contribution in [0, 0.1) is 22.7 Å². The zero-order valence-electron chi connectivity index (χ0n) is 11.2. The standard InChI is InChI=1S/C14H25NO2/c1-13-4-6-14(12-15,7-5-13)8-11-17-10-3-9-16-2/h13H,3-11H2,1-2H3. The van der Waals surface area contributed by atoms with Crippen LogP contribution in [-0.4, -0.2) is 26.9 Å². The van der Waals surface area contributed by atoms with Crippen molar-refractivity contribution in [2.75, 3.05) is 26.9 Å². The number of hydrogen-bond acceptors (Lipinski definition) is 3. The fourth-order valence-corrected chi connectivity index (χ4v) is 2.41. The summed E-state index contributed by atoms with van der Waals surface area (Å²) in [7, 11) is 1.70. The summed E-state index contributed by atoms with van der Waals surface area (Å²) in [6.45, 7) is 4.49. The Morgan fingerprint density at radius 3 is 2.53 bits per heavy atom. The van der Waals surface area contributed by atoms with Crippen LogP contribution in [0.1, 0.15) is 45.4 Å². The summed E-state index contributed by atoms with van der Waals surface area (Å²) >= 11 is 0. The summed E-state index contributed by atoms with van der Waals surface area (Å²) in [5.41, 5.74) is -0.103. The van der Waals surface area contributed by atoms with E-state index in [4.69, 9.17) is 9.47 Å². The minimum Gasteiger partial charge on any atom is -0.385 e. The Morgan fingerprint density at radius 1 is 1.24 bits per heavy atom. The van der Waals surface area contributed by atoms with E-state index < -0.39 is 0 Å². The number of nitriles is 1. The highest BCUT2D eigenvalue weighted by Gasteiger charge is 2.33. The molecule has 0 aromatic carbocycles. The molecule has 0 aliphatic heterocycles. The van der Waals surface area contributed by atoms with E-state index >= 15 is 0 Å². The molecule has 1 rings (SSSR count). The summed E-state index contributed by atoms with van der Waals surface area (Å²) in [6.07, 6.45) is 6.31. The molecule has 1 aliphatic rings. The number of hydrogen-bond donors (Lipinski definition) is 0. The summed E-state index contributed by atoms with van der Waals surface area (Å²) in [4.78, 5) is 0. The van der Waals surface area contributed by atoms with Gasteiger partial charge in [0.25, 0.3) is 0 Å². The highest BCUT2D eigenvalue weighted by atomic mass is 16.5. The summed E-state index contributed by atoms with van der Waals surface area (Å²) in [5.74, 6) is 0.791. The lowest BCUT2D eigenvalue weighted by molar-refractivity contribution is 0.0747. The van der Waals surface area contributed by atoms with Gasteiger partial charge in [0.15, 0.2) is 0 Å². The Kier molecular flexibility index (Phi) is 6.54. The minimum atomic E-state index is -0.103. The summed E-state index contributed by atoms with van der Waals surface area (Å²) in [5, 5.41) is 9.34. The predicted molar refractivity (Wildman–Crippen MR) is 67.6 cm³/mol. The summed E-state index contributed by atoms with van der Waals surface area (Å²) in [6, 6.07) is 2.54. The zero-order valence-corrected chi connectivity index (χ0v) is 11.2. The maximum atomic E-state index is 9.34. The van der Waals surface area contributed by atoms with E-state index in [0.717, 1.165) is 44.8 Å². The Hall–Kier alpha value is -0.590. The van der Waals surface area contributed by atoms with E-state index in [1.54, 1.807) is 7.11 Å². The normalized spacial score (nSPS) is 28.9. The van der Waals surface area contributed by atoms with E-state index in [0.29, 0.717) is 6.61 Å². The maximum Gasteiger partial charge on any atom is 0.0690 e. The van der Waals surface area contributed by atoms with E-state index in [1.165, 1.54) is 12.8 Å². The largest absolute Gasteiger partial charge is 0.385 e. The molecule has 0 saturated heterocycles. The van der Waals surface area contributed by atoms with Gasteiger partial charge in [0, 0.05) is 26.9 Å². The van der Waals surface area contributed by atoms with Gasteiger partial charge in [-0.2, -0.15) is 5.26 Å². The molecule has 0 aromatic rings. The fourth-order valence-electron chi connectivity index (χ4n) is 2.41. The van der Waals surface area contributed by atoms with Crippen LogP contribution in [0.15, 0.2) is 0 Å². The van der Waals surface area contributed by atoms with Crippen molar-refractivity contribution < 1.29 is 9.47 Å². The first-order valence-corrected chi connectivity index (χ1v) is 6.70. The lowest BCUT2D eigenvalue weighted by atomic mass is 9.70. The van der Waals surface area contributed by atoms with Gasteiger partial charge in [0.2, 0.25) is 0 Å². The lowest BCUT2D eigenvalue weighted by Crippen LogP contribution is -2.26. The molecule has 1 saturated carbocycles. The van der Waals surface area contributed by atoms with Crippen LogP contribution >= 0.6 is 0 Å². The van der Waals surface area contributed by atoms with Crippen molar-refractivity contribution in [1.82, 2.24) is 0 Å². The first-order valence-electron chi connectivity index (χ1n) is 6.70. The highest BCUT2D eigenvalue weighted by Crippen LogP contribution is 2.40. The van der Waals surface area contributed by atoms with Crippen molar-refractivity contribution in [2.24, 2.45) is 11.3 Å². The molecule has 0 amide bonds. The van der Waals surface area contributed by atoms with Gasteiger partial charge in [-0.1, -0.05) is 6.92 Å². The fraction of sp³-hybridized carbons (Fsp3) is 0.929. The minimum absolute atomic E-state index is 0.103. The molecule has 0 atom stereocenters. The van der Waals surface area contributed by atoms with Crippen molar-refractivity contribution in [3.05, 3.63) is 0 Å². The molecular weight excluding hydrogens is 214 g/mol. The average Bonchev–Trinajstić information content (AvgIpc) is 2.36. The third-order valence-corrected chi connectivity index (χ3v) is 3.83. The van der Waals surface area contributed by atoms with Gasteiger partial charge in [-0.25, -0.2) is 0 Å². The van der Waals surface area contributed by atoms with Crippen LogP contribution in [-0.2, 0) is 9.47 Å². The summed E-state index contributed by atoms with van der Waals surface area (Å²) < 4.78 is 10.5. The van der Waals surface area contributed by atoms with Crippen LogP contribution in [0.4, 0.5) is 0 Å². The molecule has 3 nitrogen and oxygen atoms in total. The number of ether oxygens (including phenoxy) is 2. The van der Waals surface area contributed by atoms with Crippen LogP contribution in [0.3, 0.4) is 0 Å². The number of methoxy groups -OCH3 is 1. The van der Waals surface area contributed by atoms with E-state index in [-0.39, 0.29) is 5.41 Å². The Morgan fingerprint density at radius 2 is 1.94 bits per heavy atom. The molecule has 0 spiro atoms. The maximum absolute atomic E-state index is 9.34. The SMILES string of the molecule is COCCCOCCC1(C#N)CCC(C)CC1. The van der Waals surface area contributed by atoms with Gasteiger partial charge in [-0.15, -0.1) is 0 Å². The van der Waals surface area contributed by atoms with Crippen molar-refractivity contribution in [2.45, 2.75) is 45.4 Å². The Bertz CT molecular complexity index is 239. The molecule has 1 aliphatic carbocycles. The number of nitrogens with zero attached hydrogens (tertiary/aromatic N) is 1. The second-order valence-electron chi connectivity index (χ2n) is 5.28. The Labute approximate surface area is 105 Å². The van der Waals surface area contributed by atoms with E-state index in [9.17, 15) is 5.26 Å². The molecule has 0 heterocycles. The molecule has 0 radical (unpaired) electrons. The van der Waals surface area contributed by atoms with Gasteiger partial charge < -0.3 is 9.47 Å². The molecule has 98 valence electrons. The highest BCUT2D eigenvalue weighted by molar-refractivity contribution is 5.01. The van der Waals surface area contributed by atoms with Crippen LogP contribution < -0.4 is 0 Å². The molecule has 3 heteroatoms.